The summed E-state index contributed by atoms with van der Waals surface area (Å²) in [6.07, 6.45) is -0.00108. The van der Waals surface area contributed by atoms with Crippen LogP contribution in [0.2, 0.25) is 0 Å². The predicted molar refractivity (Wildman–Crippen MR) is 72.6 cm³/mol. The molecule has 1 atom stereocenters. The highest BCUT2D eigenvalue weighted by atomic mass is 16.4. The average Bonchev–Trinajstić information content (AvgIpc) is 2.28. The van der Waals surface area contributed by atoms with E-state index in [1.165, 1.54) is 22.3 Å². The lowest BCUT2D eigenvalue weighted by molar-refractivity contribution is -0.137. The molecule has 0 heterocycles. The summed E-state index contributed by atoms with van der Waals surface area (Å²) in [5.74, 6) is -0.855. The van der Waals surface area contributed by atoms with Crippen molar-refractivity contribution in [2.45, 2.75) is 39.8 Å². The summed E-state index contributed by atoms with van der Waals surface area (Å²) in [4.78, 5) is 10.5. The molecule has 0 bridgehead atoms. The van der Waals surface area contributed by atoms with Crippen LogP contribution in [0.4, 0.5) is 0 Å². The van der Waals surface area contributed by atoms with Crippen LogP contribution in [0, 0.1) is 20.8 Å². The molecule has 1 unspecified atom stereocenters. The van der Waals surface area contributed by atoms with Gasteiger partial charge in [-0.05, 0) is 43.0 Å². The number of hydrogen-bond donors (Lipinski definition) is 3. The number of carbonyl (C=O) groups is 1. The number of benzene rings is 1. The first-order valence-electron chi connectivity index (χ1n) is 6.15. The van der Waals surface area contributed by atoms with Crippen molar-refractivity contribution in [1.82, 2.24) is 5.32 Å². The molecule has 1 aromatic carbocycles. The van der Waals surface area contributed by atoms with Crippen LogP contribution in [-0.2, 0) is 11.3 Å². The highest BCUT2D eigenvalue weighted by Crippen LogP contribution is 2.16. The van der Waals surface area contributed by atoms with Crippen molar-refractivity contribution in [2.24, 2.45) is 5.73 Å². The van der Waals surface area contributed by atoms with Gasteiger partial charge in [-0.1, -0.05) is 12.1 Å². The Balaban J connectivity index is 2.49. The van der Waals surface area contributed by atoms with E-state index < -0.39 is 5.97 Å². The zero-order chi connectivity index (χ0) is 13.7. The fourth-order valence-electron chi connectivity index (χ4n) is 1.89. The maximum atomic E-state index is 10.5. The minimum Gasteiger partial charge on any atom is -0.481 e. The molecule has 4 nitrogen and oxygen atoms in total. The van der Waals surface area contributed by atoms with Gasteiger partial charge in [0.05, 0.1) is 6.42 Å². The Kier molecular flexibility index (Phi) is 5.31. The molecule has 0 spiro atoms. The van der Waals surface area contributed by atoms with Gasteiger partial charge in [-0.3, -0.25) is 4.79 Å². The second-order valence-electron chi connectivity index (χ2n) is 4.78. The highest BCUT2D eigenvalue weighted by Gasteiger charge is 2.08. The van der Waals surface area contributed by atoms with E-state index in [4.69, 9.17) is 10.8 Å². The Morgan fingerprint density at radius 1 is 1.33 bits per heavy atom. The third-order valence-corrected chi connectivity index (χ3v) is 3.33. The van der Waals surface area contributed by atoms with E-state index in [9.17, 15) is 4.79 Å². The van der Waals surface area contributed by atoms with Crippen molar-refractivity contribution in [1.29, 1.82) is 0 Å². The number of nitrogens with two attached hydrogens (primary N) is 1. The van der Waals surface area contributed by atoms with Gasteiger partial charge >= 0.3 is 5.97 Å². The molecule has 0 aliphatic rings. The first kappa shape index (κ1) is 14.7. The van der Waals surface area contributed by atoms with Crippen LogP contribution < -0.4 is 11.1 Å². The predicted octanol–water partition coefficient (Wildman–Crippen LogP) is 1.50. The molecular weight excluding hydrogens is 228 g/mol. The van der Waals surface area contributed by atoms with Gasteiger partial charge in [0, 0.05) is 19.1 Å². The number of rotatable bonds is 6. The largest absolute Gasteiger partial charge is 0.481 e. The van der Waals surface area contributed by atoms with Gasteiger partial charge in [-0.15, -0.1) is 0 Å². The number of aliphatic carboxylic acids is 1. The van der Waals surface area contributed by atoms with E-state index in [2.05, 4.69) is 38.2 Å². The summed E-state index contributed by atoms with van der Waals surface area (Å²) in [5.41, 5.74) is 10.8. The first-order valence-corrected chi connectivity index (χ1v) is 6.15. The zero-order valence-corrected chi connectivity index (χ0v) is 11.3. The Morgan fingerprint density at radius 3 is 2.61 bits per heavy atom. The number of carboxylic acid groups (broad SMARTS) is 1. The SMILES string of the molecule is Cc1ccc(CNCC(N)CC(=O)O)c(C)c1C. The Hall–Kier alpha value is -1.39. The second-order valence-corrected chi connectivity index (χ2v) is 4.78. The lowest BCUT2D eigenvalue weighted by atomic mass is 9.99. The molecule has 4 N–H and O–H groups in total. The second kappa shape index (κ2) is 6.52. The van der Waals surface area contributed by atoms with E-state index in [1.807, 2.05) is 0 Å². The molecule has 0 fully saturated rings. The lowest BCUT2D eigenvalue weighted by Gasteiger charge is -2.14. The summed E-state index contributed by atoms with van der Waals surface area (Å²) in [7, 11) is 0. The maximum Gasteiger partial charge on any atom is 0.304 e. The van der Waals surface area contributed by atoms with Crippen LogP contribution in [0.5, 0.6) is 0 Å². The highest BCUT2D eigenvalue weighted by molar-refractivity contribution is 5.67. The van der Waals surface area contributed by atoms with E-state index in [0.717, 1.165) is 6.54 Å². The minimum atomic E-state index is -0.855. The van der Waals surface area contributed by atoms with Crippen LogP contribution >= 0.6 is 0 Å². The molecule has 0 saturated carbocycles. The summed E-state index contributed by atoms with van der Waals surface area (Å²) < 4.78 is 0. The van der Waals surface area contributed by atoms with Crippen LogP contribution in [-0.4, -0.2) is 23.7 Å². The van der Waals surface area contributed by atoms with Gasteiger partial charge in [0.25, 0.3) is 0 Å². The van der Waals surface area contributed by atoms with Crippen molar-refractivity contribution in [2.75, 3.05) is 6.54 Å². The van der Waals surface area contributed by atoms with Gasteiger partial charge < -0.3 is 16.2 Å². The van der Waals surface area contributed by atoms with Crippen LogP contribution in [0.15, 0.2) is 12.1 Å². The molecule has 4 heteroatoms. The third kappa shape index (κ3) is 4.13. The summed E-state index contributed by atoms with van der Waals surface area (Å²) in [5, 5.41) is 11.8. The first-order chi connectivity index (χ1) is 8.41. The lowest BCUT2D eigenvalue weighted by Crippen LogP contribution is -2.35. The molecular formula is C14H22N2O2. The normalized spacial score (nSPS) is 12.4. The van der Waals surface area contributed by atoms with Crippen molar-refractivity contribution in [3.8, 4) is 0 Å². The van der Waals surface area contributed by atoms with Gasteiger partial charge in [0.15, 0.2) is 0 Å². The van der Waals surface area contributed by atoms with Crippen molar-refractivity contribution in [3.63, 3.8) is 0 Å². The van der Waals surface area contributed by atoms with Crippen LogP contribution in [0.3, 0.4) is 0 Å². The fourth-order valence-corrected chi connectivity index (χ4v) is 1.89. The maximum absolute atomic E-state index is 10.5. The van der Waals surface area contributed by atoms with Gasteiger partial charge in [-0.2, -0.15) is 0 Å². The Labute approximate surface area is 108 Å². The third-order valence-electron chi connectivity index (χ3n) is 3.33. The topological polar surface area (TPSA) is 75.3 Å². The molecule has 0 aliphatic carbocycles. The number of hydrogen-bond acceptors (Lipinski definition) is 3. The molecule has 0 saturated heterocycles. The van der Waals surface area contributed by atoms with E-state index in [0.29, 0.717) is 6.54 Å². The molecule has 0 aromatic heterocycles. The fraction of sp³-hybridized carbons (Fsp3) is 0.500. The van der Waals surface area contributed by atoms with E-state index in [-0.39, 0.29) is 12.5 Å². The molecule has 1 rings (SSSR count). The molecule has 100 valence electrons. The van der Waals surface area contributed by atoms with E-state index >= 15 is 0 Å². The van der Waals surface area contributed by atoms with Crippen molar-refractivity contribution >= 4 is 5.97 Å². The molecule has 18 heavy (non-hydrogen) atoms. The van der Waals surface area contributed by atoms with Crippen LogP contribution in [0.25, 0.3) is 0 Å². The number of aryl methyl sites for hydroxylation is 1. The standard InChI is InChI=1S/C14H22N2O2/c1-9-4-5-12(11(3)10(9)2)7-16-8-13(15)6-14(17)18/h4-5,13,16H,6-8,15H2,1-3H3,(H,17,18). The van der Waals surface area contributed by atoms with Gasteiger partial charge in [-0.25, -0.2) is 0 Å². The number of carboxylic acids is 1. The summed E-state index contributed by atoms with van der Waals surface area (Å²) in [6, 6.07) is 3.87. The quantitative estimate of drug-likeness (QED) is 0.715. The number of nitrogens with one attached hydrogen (secondary N) is 1. The summed E-state index contributed by atoms with van der Waals surface area (Å²) in [6.45, 7) is 7.56. The van der Waals surface area contributed by atoms with Crippen molar-refractivity contribution in [3.05, 3.63) is 34.4 Å². The van der Waals surface area contributed by atoms with Gasteiger partial charge in [0.1, 0.15) is 0 Å². The van der Waals surface area contributed by atoms with Gasteiger partial charge in [0.2, 0.25) is 0 Å². The van der Waals surface area contributed by atoms with E-state index in [1.54, 1.807) is 0 Å². The molecule has 0 aliphatic heterocycles. The van der Waals surface area contributed by atoms with Crippen LogP contribution in [0.1, 0.15) is 28.7 Å². The molecule has 0 amide bonds. The summed E-state index contributed by atoms with van der Waals surface area (Å²) >= 11 is 0. The van der Waals surface area contributed by atoms with Crippen molar-refractivity contribution < 1.29 is 9.90 Å². The minimum absolute atomic E-state index is 0.00108. The smallest absolute Gasteiger partial charge is 0.304 e. The molecule has 1 aromatic rings. The molecule has 0 radical (unpaired) electrons. The Morgan fingerprint density at radius 2 is 2.00 bits per heavy atom. The average molecular weight is 250 g/mol. The Bertz CT molecular complexity index is 430. The zero-order valence-electron chi connectivity index (χ0n) is 11.3. The monoisotopic (exact) mass is 250 g/mol.